The molecule has 3 amide bonds. The number of rotatable bonds is 11. The third-order valence-corrected chi connectivity index (χ3v) is 5.29. The maximum Gasteiger partial charge on any atom is 0.331 e. The van der Waals surface area contributed by atoms with Crippen LogP contribution in [0.15, 0.2) is 22.0 Å². The Hall–Kier alpha value is -2.64. The lowest BCUT2D eigenvalue weighted by Gasteiger charge is -2.35. The Morgan fingerprint density at radius 1 is 1.47 bits per heavy atom. The Morgan fingerprint density at radius 2 is 2.27 bits per heavy atom. The summed E-state index contributed by atoms with van der Waals surface area (Å²) in [6.45, 7) is 1.94. The maximum atomic E-state index is 11.9. The molecule has 0 unspecified atom stereocenters. The number of thioether (sulfide) groups is 1. The summed E-state index contributed by atoms with van der Waals surface area (Å²) in [5.74, 6) is -2.02. The third-order valence-electron chi connectivity index (χ3n) is 3.26. The highest BCUT2D eigenvalue weighted by Crippen LogP contribution is 2.21. The second-order valence-electron chi connectivity index (χ2n) is 5.44. The highest BCUT2D eigenvalue weighted by molar-refractivity contribution is 8.02. The van der Waals surface area contributed by atoms with Crippen LogP contribution in [0.4, 0.5) is 5.13 Å². The lowest BCUT2D eigenvalue weighted by molar-refractivity contribution is -0.137. The van der Waals surface area contributed by atoms with Crippen molar-refractivity contribution in [2.75, 3.05) is 17.8 Å². The molecule has 30 heavy (non-hydrogen) atoms. The van der Waals surface area contributed by atoms with Gasteiger partial charge in [0.1, 0.15) is 23.5 Å². The number of alkyl halides is 1. The first-order valence-corrected chi connectivity index (χ1v) is 10.8. The van der Waals surface area contributed by atoms with E-state index in [0.29, 0.717) is 10.8 Å². The largest absolute Gasteiger partial charge is 0.463 e. The highest BCUT2D eigenvalue weighted by atomic mass is 35.5. The zero-order chi connectivity index (χ0) is 21.9. The van der Waals surface area contributed by atoms with Gasteiger partial charge in [0.05, 0.1) is 12.3 Å². The van der Waals surface area contributed by atoms with Crippen molar-refractivity contribution in [1.29, 1.82) is 0 Å². The van der Waals surface area contributed by atoms with E-state index in [4.69, 9.17) is 21.2 Å². The van der Waals surface area contributed by atoms with E-state index >= 15 is 0 Å². The predicted octanol–water partition coefficient (Wildman–Crippen LogP) is 0.574. The number of nitrogens with one attached hydrogen (secondary N) is 3. The highest BCUT2D eigenvalue weighted by Gasteiger charge is 2.40. The number of esters is 1. The van der Waals surface area contributed by atoms with Crippen LogP contribution in [0.25, 0.3) is 0 Å². The Kier molecular flexibility index (Phi) is 9.57. The zero-order valence-electron chi connectivity index (χ0n) is 15.6. The molecule has 2 rings (SSSR count). The minimum atomic E-state index is -0.771. The first-order chi connectivity index (χ1) is 14.4. The molecule has 1 aliphatic rings. The number of oxime groups is 1. The molecule has 0 aromatic carbocycles. The van der Waals surface area contributed by atoms with Crippen molar-refractivity contribution in [3.63, 3.8) is 0 Å². The van der Waals surface area contributed by atoms with Gasteiger partial charge in [-0.05, 0) is 12.3 Å². The number of aromatic nitrogens is 1. The van der Waals surface area contributed by atoms with Crippen LogP contribution in [-0.2, 0) is 35.4 Å². The fraction of sp³-hybridized carbons (Fsp3) is 0.375. The van der Waals surface area contributed by atoms with Crippen LogP contribution in [0.5, 0.6) is 0 Å². The van der Waals surface area contributed by atoms with E-state index in [9.17, 15) is 19.2 Å². The summed E-state index contributed by atoms with van der Waals surface area (Å²) in [6.07, 6.45) is 2.13. The third kappa shape index (κ3) is 7.65. The number of carbonyl (C=O) groups is 4. The molecule has 0 spiro atoms. The number of halogens is 1. The Bertz CT molecular complexity index is 846. The van der Waals surface area contributed by atoms with Crippen molar-refractivity contribution < 1.29 is 28.8 Å². The summed E-state index contributed by atoms with van der Waals surface area (Å²) in [4.78, 5) is 55.0. The number of ether oxygens (including phenoxy) is 1. The molecule has 0 radical (unpaired) electrons. The van der Waals surface area contributed by atoms with Gasteiger partial charge < -0.3 is 25.5 Å². The second kappa shape index (κ2) is 12.1. The maximum absolute atomic E-state index is 11.9. The fourth-order valence-corrected chi connectivity index (χ4v) is 3.61. The molecule has 0 aliphatic carbocycles. The molecule has 1 aromatic heterocycles. The number of β-lactam (4-membered cyclic amide) rings is 1. The molecule has 1 aliphatic heterocycles. The van der Waals surface area contributed by atoms with Gasteiger partial charge in [0.2, 0.25) is 11.8 Å². The lowest BCUT2D eigenvalue weighted by Crippen LogP contribution is -2.67. The summed E-state index contributed by atoms with van der Waals surface area (Å²) in [7, 11) is 0. The summed E-state index contributed by atoms with van der Waals surface area (Å²) >= 11 is 7.74. The summed E-state index contributed by atoms with van der Waals surface area (Å²) in [5, 5.41) is 14.2. The molecule has 1 aromatic rings. The lowest BCUT2D eigenvalue weighted by atomic mass is 10.1. The molecule has 2 heterocycles. The SMILES string of the molecule is CCOC(=O)C=CS[C@H]1NC(=O)[C@H]1NC(=O)C=NOCc1csc(NC(=O)CCl)n1. The monoisotopic (exact) mass is 475 g/mol. The van der Waals surface area contributed by atoms with E-state index < -0.39 is 23.3 Å². The molecule has 0 bridgehead atoms. The summed E-state index contributed by atoms with van der Waals surface area (Å²) < 4.78 is 4.74. The fourth-order valence-electron chi connectivity index (χ4n) is 1.94. The topological polar surface area (TPSA) is 148 Å². The Morgan fingerprint density at radius 3 is 2.97 bits per heavy atom. The normalized spacial score (nSPS) is 18.0. The van der Waals surface area contributed by atoms with Crippen molar-refractivity contribution in [3.8, 4) is 0 Å². The summed E-state index contributed by atoms with van der Waals surface area (Å²) in [6, 6.07) is -0.771. The van der Waals surface area contributed by atoms with E-state index in [-0.39, 0.29) is 30.9 Å². The number of thiazole rings is 1. The average Bonchev–Trinajstić information content (AvgIpc) is 3.16. The molecule has 14 heteroatoms. The molecular formula is C16H18ClN5O6S2. The van der Waals surface area contributed by atoms with Crippen molar-refractivity contribution in [2.24, 2.45) is 5.16 Å². The van der Waals surface area contributed by atoms with Gasteiger partial charge in [0.15, 0.2) is 11.7 Å². The minimum Gasteiger partial charge on any atom is -0.463 e. The molecule has 11 nitrogen and oxygen atoms in total. The average molecular weight is 476 g/mol. The minimum absolute atomic E-state index is 0.0158. The first kappa shape index (κ1) is 23.6. The van der Waals surface area contributed by atoms with E-state index in [0.717, 1.165) is 18.0 Å². The molecule has 3 N–H and O–H groups in total. The zero-order valence-corrected chi connectivity index (χ0v) is 18.0. The number of carbonyl (C=O) groups excluding carboxylic acids is 4. The van der Waals surface area contributed by atoms with Gasteiger partial charge in [-0.2, -0.15) is 0 Å². The van der Waals surface area contributed by atoms with E-state index in [1.807, 2.05) is 0 Å². The molecule has 2 atom stereocenters. The molecular weight excluding hydrogens is 458 g/mol. The van der Waals surface area contributed by atoms with Crippen molar-refractivity contribution in [1.82, 2.24) is 15.6 Å². The number of nitrogens with zero attached hydrogens (tertiary/aromatic N) is 2. The van der Waals surface area contributed by atoms with Crippen molar-refractivity contribution in [2.45, 2.75) is 24.9 Å². The van der Waals surface area contributed by atoms with Crippen LogP contribution >= 0.6 is 34.7 Å². The predicted molar refractivity (Wildman–Crippen MR) is 112 cm³/mol. The van der Waals surface area contributed by atoms with Crippen LogP contribution < -0.4 is 16.0 Å². The smallest absolute Gasteiger partial charge is 0.331 e. The first-order valence-electron chi connectivity index (χ1n) is 8.48. The van der Waals surface area contributed by atoms with Crippen LogP contribution in [0, 0.1) is 0 Å². The van der Waals surface area contributed by atoms with Crippen LogP contribution in [-0.4, -0.2) is 58.8 Å². The number of amides is 3. The van der Waals surface area contributed by atoms with Gasteiger partial charge in [-0.25, -0.2) is 9.78 Å². The van der Waals surface area contributed by atoms with Crippen LogP contribution in [0.2, 0.25) is 0 Å². The number of hydrogen-bond donors (Lipinski definition) is 3. The Labute approximate surface area is 184 Å². The van der Waals surface area contributed by atoms with Gasteiger partial charge in [0.25, 0.3) is 5.91 Å². The van der Waals surface area contributed by atoms with Gasteiger partial charge in [0, 0.05) is 11.5 Å². The number of anilines is 1. The van der Waals surface area contributed by atoms with E-state index in [2.05, 4.69) is 26.1 Å². The van der Waals surface area contributed by atoms with Crippen LogP contribution in [0.1, 0.15) is 12.6 Å². The van der Waals surface area contributed by atoms with Gasteiger partial charge >= 0.3 is 5.97 Å². The van der Waals surface area contributed by atoms with Crippen molar-refractivity contribution >= 4 is 69.7 Å². The van der Waals surface area contributed by atoms with Gasteiger partial charge in [-0.3, -0.25) is 14.4 Å². The molecule has 162 valence electrons. The Balaban J connectivity index is 1.71. The second-order valence-corrected chi connectivity index (χ2v) is 7.62. The van der Waals surface area contributed by atoms with E-state index in [1.54, 1.807) is 12.3 Å². The standard InChI is InChI=1S/C16H18ClN5O6S2/c1-2-27-12(25)3-4-29-15-13(14(26)22-15)20-11(24)6-18-28-7-9-8-30-16(19-9)21-10(23)5-17/h3-4,6,8,13,15H,2,5,7H2,1H3,(H,20,24)(H,22,26)(H,19,21,23)/t13-,15-/m1/s1. The molecule has 1 fully saturated rings. The van der Waals surface area contributed by atoms with Gasteiger partial charge in [-0.15, -0.1) is 34.7 Å². The molecule has 1 saturated heterocycles. The number of hydrogen-bond acceptors (Lipinski definition) is 10. The van der Waals surface area contributed by atoms with Gasteiger partial charge in [-0.1, -0.05) is 5.16 Å². The molecule has 0 saturated carbocycles. The van der Waals surface area contributed by atoms with Crippen molar-refractivity contribution in [3.05, 3.63) is 22.6 Å². The quantitative estimate of drug-likeness (QED) is 0.105. The van der Waals surface area contributed by atoms with E-state index in [1.165, 1.54) is 22.8 Å². The van der Waals surface area contributed by atoms with Crippen LogP contribution in [0.3, 0.4) is 0 Å². The summed E-state index contributed by atoms with van der Waals surface area (Å²) in [5.41, 5.74) is 0.505.